The molecule has 4 rings (SSSR count). The monoisotopic (exact) mass is 542 g/mol. The predicted octanol–water partition coefficient (Wildman–Crippen LogP) is 1.70. The summed E-state index contributed by atoms with van der Waals surface area (Å²) in [6.07, 6.45) is 0. The number of ether oxygens (including phenoxy) is 2. The number of nitrogens with zero attached hydrogens (tertiary/aromatic N) is 4. The van der Waals surface area contributed by atoms with E-state index in [0.717, 1.165) is 0 Å². The maximum atomic E-state index is 13.5. The average molecular weight is 543 g/mol. The van der Waals surface area contributed by atoms with Crippen LogP contribution in [0.5, 0.6) is 11.5 Å². The average Bonchev–Trinajstić information content (AvgIpc) is 2.94. The van der Waals surface area contributed by atoms with Crippen molar-refractivity contribution in [1.82, 2.24) is 30.7 Å². The van der Waals surface area contributed by atoms with Crippen molar-refractivity contribution in [3.8, 4) is 11.5 Å². The Hall–Kier alpha value is -3.58. The molecule has 1 atom stereocenters. The molecule has 212 valence electrons. The van der Waals surface area contributed by atoms with Gasteiger partial charge in [-0.25, -0.2) is 19.6 Å². The van der Waals surface area contributed by atoms with Gasteiger partial charge in [0.05, 0.1) is 39.5 Å². The van der Waals surface area contributed by atoms with Crippen molar-refractivity contribution in [2.24, 2.45) is 0 Å². The van der Waals surface area contributed by atoms with Gasteiger partial charge in [0, 0.05) is 49.9 Å². The summed E-state index contributed by atoms with van der Waals surface area (Å²) >= 11 is 0. The number of carbonyl (C=O) groups excluding carboxylic acids is 2. The normalized spacial score (nSPS) is 17.3. The highest BCUT2D eigenvalue weighted by molar-refractivity contribution is 5.75. The SMILES string of the molecule is CC(CN(Cc1ccccc1O)C(=O)NN1CCOCC1)N(Cc1ccccc1O)C(=O)NN1CCOCC1. The largest absolute Gasteiger partial charge is 0.508 e. The molecular formula is C27H38N6O6. The minimum atomic E-state index is -0.452. The van der Waals surface area contributed by atoms with Crippen molar-refractivity contribution in [2.75, 3.05) is 59.2 Å². The van der Waals surface area contributed by atoms with Gasteiger partial charge in [0.2, 0.25) is 0 Å². The number of aromatic hydroxyl groups is 2. The third-order valence-corrected chi connectivity index (χ3v) is 6.78. The lowest BCUT2D eigenvalue weighted by Crippen LogP contribution is -2.57. The number of phenols is 2. The highest BCUT2D eigenvalue weighted by Crippen LogP contribution is 2.22. The third kappa shape index (κ3) is 8.20. The van der Waals surface area contributed by atoms with E-state index in [4.69, 9.17) is 9.47 Å². The highest BCUT2D eigenvalue weighted by Gasteiger charge is 2.28. The van der Waals surface area contributed by atoms with E-state index in [1.807, 2.05) is 6.92 Å². The Bertz CT molecular complexity index is 1090. The molecular weight excluding hydrogens is 504 g/mol. The quantitative estimate of drug-likeness (QED) is 0.377. The van der Waals surface area contributed by atoms with Crippen LogP contribution in [0.2, 0.25) is 0 Å². The summed E-state index contributed by atoms with van der Waals surface area (Å²) in [5, 5.41) is 24.4. The van der Waals surface area contributed by atoms with Crippen molar-refractivity contribution in [2.45, 2.75) is 26.1 Å². The van der Waals surface area contributed by atoms with Gasteiger partial charge < -0.3 is 29.5 Å². The number of hydrogen-bond donors (Lipinski definition) is 4. The molecule has 4 amide bonds. The Balaban J connectivity index is 1.54. The van der Waals surface area contributed by atoms with Crippen molar-refractivity contribution < 1.29 is 29.3 Å². The second-order valence-corrected chi connectivity index (χ2v) is 9.65. The zero-order valence-corrected chi connectivity index (χ0v) is 22.3. The van der Waals surface area contributed by atoms with Gasteiger partial charge in [0.25, 0.3) is 0 Å². The first-order chi connectivity index (χ1) is 18.9. The fourth-order valence-corrected chi connectivity index (χ4v) is 4.50. The summed E-state index contributed by atoms with van der Waals surface area (Å²) in [5.74, 6) is 0.176. The molecule has 2 heterocycles. The van der Waals surface area contributed by atoms with E-state index in [0.29, 0.717) is 63.7 Å². The number of nitrogens with one attached hydrogen (secondary N) is 2. The smallest absolute Gasteiger partial charge is 0.332 e. The van der Waals surface area contributed by atoms with Crippen LogP contribution in [0.1, 0.15) is 18.1 Å². The summed E-state index contributed by atoms with van der Waals surface area (Å²) in [4.78, 5) is 30.2. The number of urea groups is 2. The van der Waals surface area contributed by atoms with Gasteiger partial charge >= 0.3 is 12.1 Å². The molecule has 1 unspecified atom stereocenters. The second-order valence-electron chi connectivity index (χ2n) is 9.65. The summed E-state index contributed by atoms with van der Waals surface area (Å²) in [7, 11) is 0. The number of rotatable bonds is 9. The molecule has 0 spiro atoms. The van der Waals surface area contributed by atoms with E-state index in [1.165, 1.54) is 0 Å². The molecule has 2 fully saturated rings. The van der Waals surface area contributed by atoms with Crippen molar-refractivity contribution in [3.05, 3.63) is 59.7 Å². The van der Waals surface area contributed by atoms with Crippen molar-refractivity contribution in [1.29, 1.82) is 0 Å². The third-order valence-electron chi connectivity index (χ3n) is 6.78. The molecule has 12 heteroatoms. The van der Waals surface area contributed by atoms with Crippen LogP contribution in [0.3, 0.4) is 0 Å². The van der Waals surface area contributed by atoms with Crippen LogP contribution in [-0.2, 0) is 22.6 Å². The zero-order chi connectivity index (χ0) is 27.6. The van der Waals surface area contributed by atoms with E-state index in [1.54, 1.807) is 68.3 Å². The predicted molar refractivity (Wildman–Crippen MR) is 143 cm³/mol. The van der Waals surface area contributed by atoms with E-state index in [-0.39, 0.29) is 43.2 Å². The van der Waals surface area contributed by atoms with Crippen LogP contribution in [0, 0.1) is 0 Å². The zero-order valence-electron chi connectivity index (χ0n) is 22.3. The van der Waals surface area contributed by atoms with Gasteiger partial charge in [0.15, 0.2) is 0 Å². The fourth-order valence-electron chi connectivity index (χ4n) is 4.50. The van der Waals surface area contributed by atoms with Gasteiger partial charge in [-0.1, -0.05) is 36.4 Å². The lowest BCUT2D eigenvalue weighted by molar-refractivity contribution is 0.0118. The van der Waals surface area contributed by atoms with Crippen LogP contribution in [0.25, 0.3) is 0 Å². The number of phenolic OH excluding ortho intramolecular Hbond substituents is 2. The first-order valence-corrected chi connectivity index (χ1v) is 13.2. The molecule has 0 aliphatic carbocycles. The van der Waals surface area contributed by atoms with Gasteiger partial charge in [0.1, 0.15) is 11.5 Å². The van der Waals surface area contributed by atoms with Gasteiger partial charge in [-0.3, -0.25) is 10.9 Å². The van der Waals surface area contributed by atoms with Crippen LogP contribution >= 0.6 is 0 Å². The van der Waals surface area contributed by atoms with Gasteiger partial charge in [-0.15, -0.1) is 0 Å². The highest BCUT2D eigenvalue weighted by atomic mass is 16.5. The molecule has 2 saturated heterocycles. The molecule has 2 aromatic rings. The molecule has 2 aliphatic heterocycles. The lowest BCUT2D eigenvalue weighted by atomic mass is 10.1. The summed E-state index contributed by atoms with van der Waals surface area (Å²) in [6.45, 7) is 6.64. The van der Waals surface area contributed by atoms with Crippen molar-refractivity contribution >= 4 is 12.1 Å². The number of carbonyl (C=O) groups is 2. The molecule has 4 N–H and O–H groups in total. The number of hydrazine groups is 2. The van der Waals surface area contributed by atoms with Crippen LogP contribution in [0.15, 0.2) is 48.5 Å². The maximum absolute atomic E-state index is 13.5. The lowest BCUT2D eigenvalue weighted by Gasteiger charge is -2.37. The molecule has 0 bridgehead atoms. The van der Waals surface area contributed by atoms with Crippen LogP contribution in [0.4, 0.5) is 9.59 Å². The Labute approximate surface area is 228 Å². The molecule has 2 aromatic carbocycles. The number of hydrogen-bond acceptors (Lipinski definition) is 8. The first-order valence-electron chi connectivity index (χ1n) is 13.2. The molecule has 2 aliphatic rings. The number of benzene rings is 2. The molecule has 0 aromatic heterocycles. The van der Waals surface area contributed by atoms with E-state index in [2.05, 4.69) is 10.9 Å². The molecule has 39 heavy (non-hydrogen) atoms. The Kier molecular flexibility index (Phi) is 10.2. The number of morpholine rings is 2. The number of para-hydroxylation sites is 2. The summed E-state index contributed by atoms with van der Waals surface area (Å²) < 4.78 is 10.8. The maximum Gasteiger partial charge on any atom is 0.332 e. The van der Waals surface area contributed by atoms with Crippen LogP contribution < -0.4 is 10.9 Å². The minimum absolute atomic E-state index is 0.0880. The van der Waals surface area contributed by atoms with Crippen molar-refractivity contribution in [3.63, 3.8) is 0 Å². The van der Waals surface area contributed by atoms with Gasteiger partial charge in [-0.05, 0) is 19.1 Å². The Morgan fingerprint density at radius 2 is 1.26 bits per heavy atom. The van der Waals surface area contributed by atoms with E-state index < -0.39 is 6.04 Å². The molecule has 0 saturated carbocycles. The molecule has 12 nitrogen and oxygen atoms in total. The summed E-state index contributed by atoms with van der Waals surface area (Å²) in [6, 6.07) is 12.6. The number of amides is 4. The van der Waals surface area contributed by atoms with Gasteiger partial charge in [-0.2, -0.15) is 0 Å². The Morgan fingerprint density at radius 3 is 1.77 bits per heavy atom. The second kappa shape index (κ2) is 14.0. The standard InChI is InChI=1S/C27H38N6O6/c1-21(33(20-23-7-3-5-9-25(23)35)27(37)29-32-12-16-39-17-13-32)18-30(19-22-6-2-4-8-24(22)34)26(36)28-31-10-14-38-15-11-31/h2-9,21,34-35H,10-20H2,1H3,(H,28,36)(H,29,37). The topological polar surface area (TPSA) is 130 Å². The fraction of sp³-hybridized carbons (Fsp3) is 0.481. The first kappa shape index (κ1) is 28.4. The van der Waals surface area contributed by atoms with Crippen LogP contribution in [-0.4, -0.2) is 107 Å². The molecule has 0 radical (unpaired) electrons. The summed E-state index contributed by atoms with van der Waals surface area (Å²) in [5.41, 5.74) is 7.06. The Morgan fingerprint density at radius 1 is 0.795 bits per heavy atom. The van der Waals surface area contributed by atoms with E-state index in [9.17, 15) is 19.8 Å². The van der Waals surface area contributed by atoms with E-state index >= 15 is 0 Å². The minimum Gasteiger partial charge on any atom is -0.508 e.